The molecule has 0 unspecified atom stereocenters. The predicted molar refractivity (Wildman–Crippen MR) is 134 cm³/mol. The van der Waals surface area contributed by atoms with Crippen molar-refractivity contribution in [3.05, 3.63) is 90.5 Å². The first-order valence-electron chi connectivity index (χ1n) is 10.9. The molecule has 0 saturated carbocycles. The van der Waals surface area contributed by atoms with E-state index in [1.54, 1.807) is 7.11 Å². The molecule has 4 aromatic rings. The van der Waals surface area contributed by atoms with Crippen molar-refractivity contribution in [2.24, 2.45) is 0 Å². The van der Waals surface area contributed by atoms with Gasteiger partial charge in [0.2, 0.25) is 5.91 Å². The van der Waals surface area contributed by atoms with E-state index in [9.17, 15) is 4.79 Å². The number of hydrogen-bond donors (Lipinski definition) is 1. The monoisotopic (exact) mass is 474 g/mol. The van der Waals surface area contributed by atoms with Crippen LogP contribution in [0.5, 0.6) is 5.75 Å². The van der Waals surface area contributed by atoms with Crippen LogP contribution in [-0.2, 0) is 22.7 Å². The molecule has 0 radical (unpaired) electrons. The highest BCUT2D eigenvalue weighted by Crippen LogP contribution is 2.24. The maximum atomic E-state index is 12.5. The van der Waals surface area contributed by atoms with Gasteiger partial charge in [-0.05, 0) is 29.8 Å². The number of nitrogens with one attached hydrogen (secondary N) is 1. The quantitative estimate of drug-likeness (QED) is 0.312. The van der Waals surface area contributed by atoms with Gasteiger partial charge in [0.15, 0.2) is 11.0 Å². The van der Waals surface area contributed by atoms with Gasteiger partial charge in [0, 0.05) is 18.4 Å². The Morgan fingerprint density at radius 3 is 2.35 bits per heavy atom. The molecule has 0 fully saturated rings. The van der Waals surface area contributed by atoms with Crippen LogP contribution in [0.2, 0.25) is 0 Å². The topological polar surface area (TPSA) is 78.3 Å². The second kappa shape index (κ2) is 12.0. The first-order chi connectivity index (χ1) is 16.7. The van der Waals surface area contributed by atoms with E-state index < -0.39 is 0 Å². The van der Waals surface area contributed by atoms with E-state index in [0.717, 1.165) is 22.7 Å². The lowest BCUT2D eigenvalue weighted by molar-refractivity contribution is -0.113. The number of anilines is 1. The Kier molecular flexibility index (Phi) is 8.32. The van der Waals surface area contributed by atoms with E-state index in [2.05, 4.69) is 15.5 Å². The molecule has 7 nitrogen and oxygen atoms in total. The van der Waals surface area contributed by atoms with Crippen molar-refractivity contribution in [2.45, 2.75) is 18.3 Å². The van der Waals surface area contributed by atoms with Crippen LogP contribution in [0.3, 0.4) is 0 Å². The van der Waals surface area contributed by atoms with Crippen LogP contribution in [-0.4, -0.2) is 40.1 Å². The first kappa shape index (κ1) is 23.5. The molecular formula is C26H26N4O3S. The molecule has 34 heavy (non-hydrogen) atoms. The van der Waals surface area contributed by atoms with E-state index in [4.69, 9.17) is 9.47 Å². The third-order valence-corrected chi connectivity index (χ3v) is 5.95. The minimum Gasteiger partial charge on any atom is -0.489 e. The fraction of sp³-hybridized carbons (Fsp3) is 0.192. The van der Waals surface area contributed by atoms with E-state index in [1.807, 2.05) is 89.5 Å². The zero-order valence-corrected chi connectivity index (χ0v) is 19.7. The fourth-order valence-electron chi connectivity index (χ4n) is 3.28. The van der Waals surface area contributed by atoms with Crippen LogP contribution in [0.25, 0.3) is 11.4 Å². The molecule has 0 aliphatic carbocycles. The molecule has 8 heteroatoms. The van der Waals surface area contributed by atoms with E-state index in [0.29, 0.717) is 30.6 Å². The van der Waals surface area contributed by atoms with E-state index in [1.165, 1.54) is 11.8 Å². The van der Waals surface area contributed by atoms with E-state index >= 15 is 0 Å². The second-order valence-corrected chi connectivity index (χ2v) is 8.39. The van der Waals surface area contributed by atoms with Crippen molar-refractivity contribution in [3.8, 4) is 17.1 Å². The maximum absolute atomic E-state index is 12.5. The highest BCUT2D eigenvalue weighted by atomic mass is 32.2. The zero-order valence-electron chi connectivity index (χ0n) is 18.9. The van der Waals surface area contributed by atoms with Gasteiger partial charge in [-0.15, -0.1) is 10.2 Å². The lowest BCUT2D eigenvalue weighted by atomic mass is 10.2. The first-order valence-corrected chi connectivity index (χ1v) is 11.9. The van der Waals surface area contributed by atoms with Crippen molar-refractivity contribution in [1.29, 1.82) is 0 Å². The van der Waals surface area contributed by atoms with Gasteiger partial charge < -0.3 is 14.8 Å². The summed E-state index contributed by atoms with van der Waals surface area (Å²) in [6, 6.07) is 27.2. The molecule has 4 rings (SSSR count). The summed E-state index contributed by atoms with van der Waals surface area (Å²) in [4.78, 5) is 12.5. The van der Waals surface area contributed by atoms with Crippen LogP contribution in [0.15, 0.2) is 90.1 Å². The molecule has 1 aromatic heterocycles. The Morgan fingerprint density at radius 2 is 1.65 bits per heavy atom. The third kappa shape index (κ3) is 6.46. The Balaban J connectivity index is 1.32. The van der Waals surface area contributed by atoms with E-state index in [-0.39, 0.29) is 11.7 Å². The number of rotatable bonds is 11. The summed E-state index contributed by atoms with van der Waals surface area (Å²) in [6.07, 6.45) is 0. The molecule has 1 N–H and O–H groups in total. The van der Waals surface area contributed by atoms with Crippen LogP contribution in [0.4, 0.5) is 5.69 Å². The Morgan fingerprint density at radius 1 is 0.941 bits per heavy atom. The van der Waals surface area contributed by atoms with Crippen molar-refractivity contribution in [2.75, 3.05) is 24.8 Å². The minimum atomic E-state index is -0.120. The lowest BCUT2D eigenvalue weighted by Gasteiger charge is -2.10. The third-order valence-electron chi connectivity index (χ3n) is 4.99. The molecule has 0 bridgehead atoms. The second-order valence-electron chi connectivity index (χ2n) is 7.45. The smallest absolute Gasteiger partial charge is 0.234 e. The van der Waals surface area contributed by atoms with Crippen LogP contribution >= 0.6 is 11.8 Å². The molecule has 1 heterocycles. The van der Waals surface area contributed by atoms with Gasteiger partial charge >= 0.3 is 0 Å². The summed E-state index contributed by atoms with van der Waals surface area (Å²) in [6.45, 7) is 1.62. The number of amides is 1. The average Bonchev–Trinajstić information content (AvgIpc) is 3.29. The predicted octanol–water partition coefficient (Wildman–Crippen LogP) is 4.90. The van der Waals surface area contributed by atoms with Crippen molar-refractivity contribution < 1.29 is 14.3 Å². The zero-order chi connectivity index (χ0) is 23.6. The van der Waals surface area contributed by atoms with Crippen molar-refractivity contribution >= 4 is 23.4 Å². The molecule has 0 spiro atoms. The summed E-state index contributed by atoms with van der Waals surface area (Å²) in [7, 11) is 1.66. The average molecular weight is 475 g/mol. The van der Waals surface area contributed by atoms with Gasteiger partial charge in [0.1, 0.15) is 12.4 Å². The summed E-state index contributed by atoms with van der Waals surface area (Å²) < 4.78 is 13.0. The molecular weight excluding hydrogens is 448 g/mol. The minimum absolute atomic E-state index is 0.120. The number of thioether (sulfide) groups is 1. The van der Waals surface area contributed by atoms with Gasteiger partial charge in [0.25, 0.3) is 0 Å². The molecule has 0 aliphatic rings. The largest absolute Gasteiger partial charge is 0.489 e. The number of hydrogen-bond acceptors (Lipinski definition) is 6. The number of benzene rings is 3. The molecule has 3 aromatic carbocycles. The van der Waals surface area contributed by atoms with Crippen molar-refractivity contribution in [3.63, 3.8) is 0 Å². The van der Waals surface area contributed by atoms with Gasteiger partial charge in [-0.25, -0.2) is 0 Å². The number of aromatic nitrogens is 3. The lowest BCUT2D eigenvalue weighted by Crippen LogP contribution is -2.15. The summed E-state index contributed by atoms with van der Waals surface area (Å²) in [5.74, 6) is 1.60. The molecule has 0 atom stereocenters. The van der Waals surface area contributed by atoms with Gasteiger partial charge in [-0.2, -0.15) is 0 Å². The molecule has 174 valence electrons. The van der Waals surface area contributed by atoms with Gasteiger partial charge in [0.05, 0.1) is 18.9 Å². The molecule has 1 amide bonds. The number of carbonyl (C=O) groups excluding carboxylic acids is 1. The Hall–Kier alpha value is -3.62. The van der Waals surface area contributed by atoms with Crippen molar-refractivity contribution in [1.82, 2.24) is 14.8 Å². The highest BCUT2D eigenvalue weighted by Gasteiger charge is 2.15. The summed E-state index contributed by atoms with van der Waals surface area (Å²) in [5, 5.41) is 12.2. The van der Waals surface area contributed by atoms with Crippen LogP contribution < -0.4 is 10.1 Å². The van der Waals surface area contributed by atoms with Gasteiger partial charge in [-0.3, -0.25) is 9.36 Å². The van der Waals surface area contributed by atoms with Crippen LogP contribution in [0.1, 0.15) is 5.56 Å². The highest BCUT2D eigenvalue weighted by molar-refractivity contribution is 7.99. The number of nitrogens with zero attached hydrogens (tertiary/aromatic N) is 3. The standard InChI is InChI=1S/C26H26N4O3S/c1-32-17-16-30-25(21-10-6-3-7-11-21)28-29-26(30)34-19-24(31)27-22-12-14-23(15-13-22)33-18-20-8-4-2-5-9-20/h2-15H,16-19H2,1H3,(H,27,31). The molecule has 0 saturated heterocycles. The normalized spacial score (nSPS) is 10.7. The fourth-order valence-corrected chi connectivity index (χ4v) is 4.05. The number of ether oxygens (including phenoxy) is 2. The summed E-state index contributed by atoms with van der Waals surface area (Å²) in [5.41, 5.74) is 2.78. The maximum Gasteiger partial charge on any atom is 0.234 e. The molecule has 0 aliphatic heterocycles. The Labute approximate surface area is 203 Å². The van der Waals surface area contributed by atoms with Gasteiger partial charge in [-0.1, -0.05) is 72.4 Å². The summed E-state index contributed by atoms with van der Waals surface area (Å²) >= 11 is 1.35. The Bertz CT molecular complexity index is 1180. The number of methoxy groups -OCH3 is 1. The number of carbonyl (C=O) groups is 1. The SMILES string of the molecule is COCCn1c(SCC(=O)Nc2ccc(OCc3ccccc3)cc2)nnc1-c1ccccc1. The van der Waals surface area contributed by atoms with Crippen LogP contribution in [0, 0.1) is 0 Å².